The molecule has 2 heterocycles. The SMILES string of the molecule is COc1ccc(CCOC2OC(COC3OC(C)C(O)C(O)C3O)C(O)C(O)C2O)cc1O. The van der Waals surface area contributed by atoms with Crippen molar-refractivity contribution in [1.29, 1.82) is 0 Å². The first-order chi connectivity index (χ1) is 15.6. The maximum atomic E-state index is 10.2. The Bertz CT molecular complexity index is 763. The highest BCUT2D eigenvalue weighted by Crippen LogP contribution is 2.28. The van der Waals surface area contributed by atoms with Gasteiger partial charge in [0.15, 0.2) is 24.1 Å². The molecule has 0 spiro atoms. The summed E-state index contributed by atoms with van der Waals surface area (Å²) in [6, 6.07) is 4.84. The van der Waals surface area contributed by atoms with Crippen molar-refractivity contribution in [3.8, 4) is 11.5 Å². The van der Waals surface area contributed by atoms with E-state index in [-0.39, 0.29) is 19.0 Å². The molecule has 33 heavy (non-hydrogen) atoms. The van der Waals surface area contributed by atoms with Crippen LogP contribution < -0.4 is 4.74 Å². The van der Waals surface area contributed by atoms with Crippen LogP contribution in [0.3, 0.4) is 0 Å². The molecule has 0 radical (unpaired) electrons. The van der Waals surface area contributed by atoms with Gasteiger partial charge in [-0.05, 0) is 31.0 Å². The van der Waals surface area contributed by atoms with Gasteiger partial charge in [-0.15, -0.1) is 0 Å². The normalized spacial score (nSPS) is 39.4. The summed E-state index contributed by atoms with van der Waals surface area (Å²) in [5.74, 6) is 0.299. The number of hydrogen-bond donors (Lipinski definition) is 7. The van der Waals surface area contributed by atoms with Gasteiger partial charge >= 0.3 is 0 Å². The molecule has 2 aliphatic heterocycles. The van der Waals surface area contributed by atoms with Crippen LogP contribution >= 0.6 is 0 Å². The maximum Gasteiger partial charge on any atom is 0.186 e. The van der Waals surface area contributed by atoms with E-state index in [9.17, 15) is 35.7 Å². The third-order valence-electron chi connectivity index (χ3n) is 5.82. The monoisotopic (exact) mass is 476 g/mol. The summed E-state index contributed by atoms with van der Waals surface area (Å²) >= 11 is 0. The Balaban J connectivity index is 1.54. The molecule has 0 amide bonds. The highest BCUT2D eigenvalue weighted by molar-refractivity contribution is 5.41. The molecule has 0 aliphatic carbocycles. The minimum Gasteiger partial charge on any atom is -0.504 e. The summed E-state index contributed by atoms with van der Waals surface area (Å²) in [5, 5.41) is 70.2. The third-order valence-corrected chi connectivity index (χ3v) is 5.82. The first-order valence-electron chi connectivity index (χ1n) is 10.6. The fourth-order valence-electron chi connectivity index (χ4n) is 3.72. The standard InChI is InChI=1S/C21H32O12/c1-9-14(23)16(25)18(27)21(32-9)31-8-13-15(24)17(26)19(28)20(33-13)30-6-5-10-3-4-12(29-2)11(22)7-10/h3-4,7,9,13-28H,5-6,8H2,1-2H3. The molecule has 0 bridgehead atoms. The molecule has 12 heteroatoms. The van der Waals surface area contributed by atoms with Gasteiger partial charge in [0, 0.05) is 0 Å². The first-order valence-corrected chi connectivity index (χ1v) is 10.6. The molecular weight excluding hydrogens is 444 g/mol. The van der Waals surface area contributed by atoms with E-state index in [4.69, 9.17) is 23.7 Å². The molecular formula is C21H32O12. The Morgan fingerprint density at radius 3 is 2.09 bits per heavy atom. The fraction of sp³-hybridized carbons (Fsp3) is 0.714. The van der Waals surface area contributed by atoms with Crippen molar-refractivity contribution in [2.75, 3.05) is 20.3 Å². The Hall–Kier alpha value is -1.58. The van der Waals surface area contributed by atoms with Gasteiger partial charge in [-0.1, -0.05) is 6.07 Å². The summed E-state index contributed by atoms with van der Waals surface area (Å²) in [7, 11) is 1.44. The lowest BCUT2D eigenvalue weighted by Crippen LogP contribution is -2.61. The van der Waals surface area contributed by atoms with Crippen LogP contribution in [0.2, 0.25) is 0 Å². The average Bonchev–Trinajstić information content (AvgIpc) is 2.80. The van der Waals surface area contributed by atoms with Gasteiger partial charge in [0.25, 0.3) is 0 Å². The van der Waals surface area contributed by atoms with Crippen LogP contribution in [0.15, 0.2) is 18.2 Å². The van der Waals surface area contributed by atoms with Crippen LogP contribution in [0, 0.1) is 0 Å². The molecule has 0 saturated carbocycles. The molecule has 0 aromatic heterocycles. The van der Waals surface area contributed by atoms with E-state index < -0.39 is 61.4 Å². The molecule has 1 aromatic rings. The lowest BCUT2D eigenvalue weighted by Gasteiger charge is -2.42. The van der Waals surface area contributed by atoms with Crippen molar-refractivity contribution < 1.29 is 59.4 Å². The third kappa shape index (κ3) is 5.92. The van der Waals surface area contributed by atoms with Gasteiger partial charge in [0.05, 0.1) is 26.4 Å². The number of aromatic hydroxyl groups is 1. The summed E-state index contributed by atoms with van der Waals surface area (Å²) in [6.45, 7) is 1.19. The lowest BCUT2D eigenvalue weighted by molar-refractivity contribution is -0.327. The van der Waals surface area contributed by atoms with Crippen molar-refractivity contribution in [2.45, 2.75) is 74.8 Å². The Morgan fingerprint density at radius 2 is 1.45 bits per heavy atom. The van der Waals surface area contributed by atoms with Crippen molar-refractivity contribution in [1.82, 2.24) is 0 Å². The van der Waals surface area contributed by atoms with Gasteiger partial charge in [-0.3, -0.25) is 0 Å². The second-order valence-electron chi connectivity index (χ2n) is 8.16. The Labute approximate surface area is 190 Å². The van der Waals surface area contributed by atoms with Gasteiger partial charge in [-0.25, -0.2) is 0 Å². The highest BCUT2D eigenvalue weighted by atomic mass is 16.7. The van der Waals surface area contributed by atoms with Crippen molar-refractivity contribution in [2.24, 2.45) is 0 Å². The van der Waals surface area contributed by atoms with Gasteiger partial charge < -0.3 is 59.4 Å². The minimum atomic E-state index is -1.59. The van der Waals surface area contributed by atoms with E-state index in [0.29, 0.717) is 12.2 Å². The molecule has 12 nitrogen and oxygen atoms in total. The van der Waals surface area contributed by atoms with E-state index in [2.05, 4.69) is 0 Å². The zero-order chi connectivity index (χ0) is 24.3. The number of phenolic OH excluding ortho intramolecular Hbond substituents is 1. The van der Waals surface area contributed by atoms with E-state index >= 15 is 0 Å². The maximum absolute atomic E-state index is 10.2. The summed E-state index contributed by atoms with van der Waals surface area (Å²) in [6.07, 6.45) is -13.2. The summed E-state index contributed by atoms with van der Waals surface area (Å²) < 4.78 is 26.8. The van der Waals surface area contributed by atoms with Gasteiger partial charge in [0.1, 0.15) is 42.7 Å². The topological polar surface area (TPSA) is 188 Å². The number of methoxy groups -OCH3 is 1. The van der Waals surface area contributed by atoms with Crippen LogP contribution in [0.1, 0.15) is 12.5 Å². The molecule has 3 rings (SSSR count). The number of benzene rings is 1. The zero-order valence-electron chi connectivity index (χ0n) is 18.3. The zero-order valence-corrected chi connectivity index (χ0v) is 18.3. The van der Waals surface area contributed by atoms with Crippen LogP contribution in [0.4, 0.5) is 0 Å². The summed E-state index contributed by atoms with van der Waals surface area (Å²) in [4.78, 5) is 0. The van der Waals surface area contributed by atoms with E-state index in [1.165, 1.54) is 20.1 Å². The van der Waals surface area contributed by atoms with Gasteiger partial charge in [-0.2, -0.15) is 0 Å². The smallest absolute Gasteiger partial charge is 0.186 e. The van der Waals surface area contributed by atoms with E-state index in [1.54, 1.807) is 12.1 Å². The quantitative estimate of drug-likeness (QED) is 0.211. The van der Waals surface area contributed by atoms with Crippen molar-refractivity contribution in [3.05, 3.63) is 23.8 Å². The molecule has 2 saturated heterocycles. The van der Waals surface area contributed by atoms with Crippen LogP contribution in [0.5, 0.6) is 11.5 Å². The van der Waals surface area contributed by atoms with Crippen LogP contribution in [0.25, 0.3) is 0 Å². The number of rotatable bonds is 8. The molecule has 188 valence electrons. The van der Waals surface area contributed by atoms with E-state index in [0.717, 1.165) is 5.56 Å². The predicted octanol–water partition coefficient (Wildman–Crippen LogP) is -2.39. The molecule has 10 unspecified atom stereocenters. The number of ether oxygens (including phenoxy) is 5. The van der Waals surface area contributed by atoms with Crippen molar-refractivity contribution >= 4 is 0 Å². The summed E-state index contributed by atoms with van der Waals surface area (Å²) in [5.41, 5.74) is 0.734. The Kier molecular flexibility index (Phi) is 8.86. The largest absolute Gasteiger partial charge is 0.504 e. The van der Waals surface area contributed by atoms with Crippen LogP contribution in [-0.4, -0.2) is 117 Å². The number of hydrogen-bond acceptors (Lipinski definition) is 12. The number of phenols is 1. The second-order valence-corrected chi connectivity index (χ2v) is 8.16. The predicted molar refractivity (Wildman–Crippen MR) is 109 cm³/mol. The molecule has 2 fully saturated rings. The average molecular weight is 476 g/mol. The minimum absolute atomic E-state index is 0.0289. The van der Waals surface area contributed by atoms with Crippen LogP contribution in [-0.2, 0) is 25.4 Å². The fourth-order valence-corrected chi connectivity index (χ4v) is 3.72. The number of aliphatic hydroxyl groups excluding tert-OH is 6. The first kappa shape index (κ1) is 26.0. The highest BCUT2D eigenvalue weighted by Gasteiger charge is 2.46. The molecule has 1 aromatic carbocycles. The molecule has 10 atom stereocenters. The van der Waals surface area contributed by atoms with Gasteiger partial charge in [0.2, 0.25) is 0 Å². The number of aliphatic hydroxyl groups is 6. The molecule has 2 aliphatic rings. The van der Waals surface area contributed by atoms with Crippen molar-refractivity contribution in [3.63, 3.8) is 0 Å². The second kappa shape index (κ2) is 11.2. The Morgan fingerprint density at radius 1 is 0.818 bits per heavy atom. The lowest BCUT2D eigenvalue weighted by atomic mass is 9.98. The molecule has 7 N–H and O–H groups in total. The van der Waals surface area contributed by atoms with E-state index in [1.807, 2.05) is 0 Å².